The van der Waals surface area contributed by atoms with E-state index in [0.29, 0.717) is 4.34 Å². The lowest BCUT2D eigenvalue weighted by molar-refractivity contribution is 0.0686. The number of hydrogen-bond donors (Lipinski definition) is 3. The van der Waals surface area contributed by atoms with Gasteiger partial charge in [-0.15, -0.1) is 11.3 Å². The molecule has 0 aromatic carbocycles. The molecule has 0 saturated carbocycles. The van der Waals surface area contributed by atoms with Crippen LogP contribution in [0.1, 0.15) is 21.1 Å². The Balaban J connectivity index is 2.27. The molecular weight excluding hydrogens is 326 g/mol. The molecule has 0 aliphatic carbocycles. The van der Waals surface area contributed by atoms with Crippen molar-refractivity contribution >= 4 is 38.9 Å². The molecule has 0 aliphatic heterocycles. The van der Waals surface area contributed by atoms with Gasteiger partial charge >= 0.3 is 5.97 Å². The van der Waals surface area contributed by atoms with Gasteiger partial charge in [0.05, 0.1) is 10.0 Å². The van der Waals surface area contributed by atoms with Crippen LogP contribution in [0.15, 0.2) is 17.0 Å². The number of hydrogen-bond acceptors (Lipinski definition) is 5. The molecule has 0 radical (unpaired) electrons. The summed E-state index contributed by atoms with van der Waals surface area (Å²) >= 11 is 6.99. The molecule has 3 N–H and O–H groups in total. The number of aryl methyl sites for hydroxylation is 1. The van der Waals surface area contributed by atoms with Crippen LogP contribution >= 0.6 is 22.9 Å². The molecule has 2 rings (SSSR count). The van der Waals surface area contributed by atoms with E-state index in [0.717, 1.165) is 4.88 Å². The van der Waals surface area contributed by atoms with Crippen LogP contribution in [0.25, 0.3) is 0 Å². The Kier molecular flexibility index (Phi) is 4.14. The highest BCUT2D eigenvalue weighted by molar-refractivity contribution is 7.89. The Bertz CT molecular complexity index is 750. The van der Waals surface area contributed by atoms with Crippen molar-refractivity contribution in [2.75, 3.05) is 0 Å². The maximum absolute atomic E-state index is 12.2. The van der Waals surface area contributed by atoms with Gasteiger partial charge in [-0.3, -0.25) is 5.10 Å². The van der Waals surface area contributed by atoms with Gasteiger partial charge in [0.1, 0.15) is 4.90 Å². The molecule has 10 heteroatoms. The number of aromatic nitrogens is 2. The molecule has 0 amide bonds. The number of halogens is 1. The molecule has 2 heterocycles. The fraction of sp³-hybridized carbons (Fsp3) is 0.200. The zero-order chi connectivity index (χ0) is 14.9. The molecule has 7 nitrogen and oxygen atoms in total. The van der Waals surface area contributed by atoms with Crippen molar-refractivity contribution in [1.82, 2.24) is 14.9 Å². The van der Waals surface area contributed by atoms with Gasteiger partial charge in [0.2, 0.25) is 10.0 Å². The Labute approximate surface area is 123 Å². The molecule has 0 spiro atoms. The smallest absolute Gasteiger partial charge is 0.357 e. The molecular formula is C10H10ClN3O4S2. The summed E-state index contributed by atoms with van der Waals surface area (Å²) < 4.78 is 27.2. The summed E-state index contributed by atoms with van der Waals surface area (Å²) in [5.41, 5.74) is -0.363. The van der Waals surface area contributed by atoms with Gasteiger partial charge in [-0.05, 0) is 19.1 Å². The standard InChI is InChI=1S/C10H10ClN3O4S2/c1-5-9(8(10(15)16)14-13-5)20(17,18)12-4-6-2-3-7(11)19-6/h2-3,12H,4H2,1H3,(H,13,14)(H,15,16). The lowest BCUT2D eigenvalue weighted by Crippen LogP contribution is -2.25. The molecule has 20 heavy (non-hydrogen) atoms. The first-order chi connectivity index (χ1) is 9.31. The maximum atomic E-state index is 12.2. The Hall–Kier alpha value is -1.42. The number of nitrogens with one attached hydrogen (secondary N) is 2. The van der Waals surface area contributed by atoms with Crippen molar-refractivity contribution in [2.24, 2.45) is 0 Å². The van der Waals surface area contributed by atoms with Gasteiger partial charge in [0.25, 0.3) is 0 Å². The lowest BCUT2D eigenvalue weighted by atomic mass is 10.4. The zero-order valence-corrected chi connectivity index (χ0v) is 12.6. The fourth-order valence-electron chi connectivity index (χ4n) is 1.58. The first-order valence-electron chi connectivity index (χ1n) is 5.33. The molecule has 0 aliphatic rings. The van der Waals surface area contributed by atoms with Crippen molar-refractivity contribution < 1.29 is 18.3 Å². The predicted octanol–water partition coefficient (Wildman–Crippen LogP) is 1.61. The number of carboxylic acids is 1. The highest BCUT2D eigenvalue weighted by Crippen LogP contribution is 2.22. The van der Waals surface area contributed by atoms with Crippen molar-refractivity contribution in [3.05, 3.63) is 32.7 Å². The number of aromatic amines is 1. The third kappa shape index (κ3) is 3.01. The maximum Gasteiger partial charge on any atom is 0.357 e. The molecule has 108 valence electrons. The molecule has 2 aromatic heterocycles. The molecule has 0 saturated heterocycles. The van der Waals surface area contributed by atoms with Crippen LogP contribution in [0.4, 0.5) is 0 Å². The Morgan fingerprint density at radius 2 is 2.25 bits per heavy atom. The predicted molar refractivity (Wildman–Crippen MR) is 73.6 cm³/mol. The van der Waals surface area contributed by atoms with Gasteiger partial charge in [0, 0.05) is 11.4 Å². The number of sulfonamides is 1. The largest absolute Gasteiger partial charge is 0.476 e. The molecule has 0 bridgehead atoms. The van der Waals surface area contributed by atoms with Crippen LogP contribution in [0.2, 0.25) is 4.34 Å². The number of aromatic carboxylic acids is 1. The van der Waals surface area contributed by atoms with Gasteiger partial charge < -0.3 is 5.11 Å². The van der Waals surface area contributed by atoms with E-state index in [-0.39, 0.29) is 17.1 Å². The number of nitrogens with zero attached hydrogens (tertiary/aromatic N) is 1. The summed E-state index contributed by atoms with van der Waals surface area (Å²) in [6, 6.07) is 3.34. The molecule has 0 atom stereocenters. The second kappa shape index (κ2) is 5.52. The minimum Gasteiger partial charge on any atom is -0.476 e. The van der Waals surface area contributed by atoms with Crippen LogP contribution in [-0.4, -0.2) is 29.7 Å². The number of thiophene rings is 1. The summed E-state index contributed by atoms with van der Waals surface area (Å²) in [6.07, 6.45) is 0. The van der Waals surface area contributed by atoms with Crippen molar-refractivity contribution in [3.63, 3.8) is 0 Å². The van der Waals surface area contributed by atoms with Gasteiger partial charge in [-0.25, -0.2) is 17.9 Å². The third-order valence-corrected chi connectivity index (χ3v) is 5.22. The second-order valence-electron chi connectivity index (χ2n) is 3.86. The summed E-state index contributed by atoms with van der Waals surface area (Å²) in [6.45, 7) is 1.47. The summed E-state index contributed by atoms with van der Waals surface area (Å²) in [7, 11) is -3.97. The van der Waals surface area contributed by atoms with Crippen LogP contribution < -0.4 is 4.72 Å². The number of carboxylic acid groups (broad SMARTS) is 1. The number of rotatable bonds is 5. The topological polar surface area (TPSA) is 112 Å². The van der Waals surface area contributed by atoms with Crippen molar-refractivity contribution in [1.29, 1.82) is 0 Å². The first kappa shape index (κ1) is 15.0. The Morgan fingerprint density at radius 1 is 1.55 bits per heavy atom. The molecule has 2 aromatic rings. The average molecular weight is 336 g/mol. The van der Waals surface area contributed by atoms with Crippen LogP contribution in [-0.2, 0) is 16.6 Å². The molecule has 0 fully saturated rings. The highest BCUT2D eigenvalue weighted by atomic mass is 35.5. The first-order valence-corrected chi connectivity index (χ1v) is 8.01. The van der Waals surface area contributed by atoms with Crippen molar-refractivity contribution in [2.45, 2.75) is 18.4 Å². The minimum atomic E-state index is -3.97. The van der Waals surface area contributed by atoms with E-state index >= 15 is 0 Å². The second-order valence-corrected chi connectivity index (χ2v) is 7.37. The SMILES string of the molecule is Cc1[nH]nc(C(=O)O)c1S(=O)(=O)NCc1ccc(Cl)s1. The zero-order valence-electron chi connectivity index (χ0n) is 10.2. The van der Waals surface area contributed by atoms with E-state index in [2.05, 4.69) is 14.9 Å². The number of carbonyl (C=O) groups is 1. The van der Waals surface area contributed by atoms with Gasteiger partial charge in [0.15, 0.2) is 5.69 Å². The van der Waals surface area contributed by atoms with Crippen LogP contribution in [0, 0.1) is 6.92 Å². The normalized spacial score (nSPS) is 11.7. The van der Waals surface area contributed by atoms with E-state index in [9.17, 15) is 13.2 Å². The monoisotopic (exact) mass is 335 g/mol. The van der Waals surface area contributed by atoms with E-state index in [1.165, 1.54) is 18.3 Å². The molecule has 0 unspecified atom stereocenters. The average Bonchev–Trinajstić information content (AvgIpc) is 2.93. The summed E-state index contributed by atoms with van der Waals surface area (Å²) in [5, 5.41) is 14.8. The summed E-state index contributed by atoms with van der Waals surface area (Å²) in [5.74, 6) is -1.41. The third-order valence-electron chi connectivity index (χ3n) is 2.43. The fourth-order valence-corrected chi connectivity index (χ4v) is 4.02. The van der Waals surface area contributed by atoms with Crippen molar-refractivity contribution in [3.8, 4) is 0 Å². The van der Waals surface area contributed by atoms with E-state index in [1.54, 1.807) is 12.1 Å². The van der Waals surface area contributed by atoms with Crippen LogP contribution in [0.5, 0.6) is 0 Å². The van der Waals surface area contributed by atoms with Gasteiger partial charge in [-0.1, -0.05) is 11.6 Å². The van der Waals surface area contributed by atoms with Crippen LogP contribution in [0.3, 0.4) is 0 Å². The highest BCUT2D eigenvalue weighted by Gasteiger charge is 2.28. The van der Waals surface area contributed by atoms with Gasteiger partial charge in [-0.2, -0.15) is 5.10 Å². The number of H-pyrrole nitrogens is 1. The van der Waals surface area contributed by atoms with E-state index in [1.807, 2.05) is 0 Å². The lowest BCUT2D eigenvalue weighted by Gasteiger charge is -2.05. The van der Waals surface area contributed by atoms with E-state index < -0.39 is 21.7 Å². The minimum absolute atomic E-state index is 0.0311. The van der Waals surface area contributed by atoms with E-state index in [4.69, 9.17) is 16.7 Å². The quantitative estimate of drug-likeness (QED) is 0.768. The Morgan fingerprint density at radius 3 is 2.80 bits per heavy atom. The summed E-state index contributed by atoms with van der Waals surface area (Å²) in [4.78, 5) is 11.3.